The Balaban J connectivity index is 0.000000241. The first-order valence-corrected chi connectivity index (χ1v) is 15.1. The summed E-state index contributed by atoms with van der Waals surface area (Å²) in [5, 5.41) is 14.2. The topological polar surface area (TPSA) is 132 Å². The molecule has 43 heavy (non-hydrogen) atoms. The summed E-state index contributed by atoms with van der Waals surface area (Å²) < 4.78 is 97.4. The number of rotatable bonds is 8. The molecule has 0 saturated carbocycles. The molecule has 0 amide bonds. The van der Waals surface area contributed by atoms with Crippen molar-refractivity contribution in [2.75, 3.05) is 0 Å². The summed E-state index contributed by atoms with van der Waals surface area (Å²) in [7, 11) is -6.72. The maximum atomic E-state index is 13.9. The van der Waals surface area contributed by atoms with Crippen molar-refractivity contribution < 1.29 is 54.7 Å². The van der Waals surface area contributed by atoms with E-state index in [4.69, 9.17) is 9.66 Å². The summed E-state index contributed by atoms with van der Waals surface area (Å²) in [6, 6.07) is 32.2. The zero-order valence-electron chi connectivity index (χ0n) is 22.0. The third-order valence-electron chi connectivity index (χ3n) is 6.72. The zero-order chi connectivity index (χ0) is 32.1. The molecule has 2 N–H and O–H groups in total. The molecule has 230 valence electrons. The highest BCUT2D eigenvalue weighted by molar-refractivity contribution is 7.97. The van der Waals surface area contributed by atoms with Gasteiger partial charge in [0.25, 0.3) is 0 Å². The Labute approximate surface area is 246 Å². The smallest absolute Gasteiger partial charge is 0.399 e. The average Bonchev–Trinajstić information content (AvgIpc) is 2.94. The number of carboxylic acids is 2. The number of hydrogen-bond acceptors (Lipinski definition) is 5. The van der Waals surface area contributed by atoms with Crippen LogP contribution in [-0.4, -0.2) is 41.4 Å². The van der Waals surface area contributed by atoms with Crippen molar-refractivity contribution in [2.45, 2.75) is 39.0 Å². The summed E-state index contributed by atoms with van der Waals surface area (Å²) in [5.74, 6) is -12.2. The molecular formula is C29H25F5O7S2. The van der Waals surface area contributed by atoms with Gasteiger partial charge in [0, 0.05) is 11.9 Å². The second kappa shape index (κ2) is 13.3. The van der Waals surface area contributed by atoms with Crippen molar-refractivity contribution in [1.82, 2.24) is 0 Å². The summed E-state index contributed by atoms with van der Waals surface area (Å²) in [5.41, 5.74) is -3.79. The van der Waals surface area contributed by atoms with E-state index in [0.29, 0.717) is 6.08 Å². The molecule has 0 radical (unpaired) electrons. The molecule has 0 spiro atoms. The molecular weight excluding hydrogens is 619 g/mol. The van der Waals surface area contributed by atoms with E-state index in [1.807, 2.05) is 0 Å². The van der Waals surface area contributed by atoms with Crippen LogP contribution in [0.15, 0.2) is 118 Å². The molecule has 14 heteroatoms. The summed E-state index contributed by atoms with van der Waals surface area (Å²) in [6.07, 6.45) is -6.60. The van der Waals surface area contributed by atoms with Crippen molar-refractivity contribution >= 4 is 33.0 Å². The van der Waals surface area contributed by atoms with Gasteiger partial charge in [-0.2, -0.15) is 30.4 Å². The Morgan fingerprint density at radius 2 is 1.23 bits per heavy atom. The molecule has 0 saturated heterocycles. The molecule has 7 nitrogen and oxygen atoms in total. The van der Waals surface area contributed by atoms with Gasteiger partial charge in [0.15, 0.2) is 20.6 Å². The number of carbonyl (C=O) groups excluding carboxylic acids is 1. The minimum absolute atomic E-state index is 0.0146. The van der Waals surface area contributed by atoms with Gasteiger partial charge in [-0.25, -0.2) is 0 Å². The van der Waals surface area contributed by atoms with E-state index >= 15 is 0 Å². The fourth-order valence-corrected chi connectivity index (χ4v) is 7.61. The average molecular weight is 645 g/mol. The van der Waals surface area contributed by atoms with E-state index in [1.54, 1.807) is 0 Å². The van der Waals surface area contributed by atoms with Crippen LogP contribution in [0.4, 0.5) is 22.0 Å². The fourth-order valence-electron chi connectivity index (χ4n) is 4.87. The second-order valence-corrected chi connectivity index (χ2v) is 12.9. The number of carbonyl (C=O) groups is 2. The van der Waals surface area contributed by atoms with Crippen LogP contribution in [0.25, 0.3) is 0 Å². The molecule has 4 rings (SSSR count). The van der Waals surface area contributed by atoms with Gasteiger partial charge in [0.1, 0.15) is 0 Å². The van der Waals surface area contributed by atoms with Gasteiger partial charge in [-0.05, 0) is 49.2 Å². The van der Waals surface area contributed by atoms with Gasteiger partial charge < -0.3 is 15.0 Å². The van der Waals surface area contributed by atoms with E-state index in [1.165, 1.54) is 14.7 Å². The van der Waals surface area contributed by atoms with Gasteiger partial charge in [0.2, 0.25) is 0 Å². The molecule has 3 atom stereocenters. The van der Waals surface area contributed by atoms with Crippen molar-refractivity contribution in [3.8, 4) is 0 Å². The van der Waals surface area contributed by atoms with Crippen LogP contribution in [0.2, 0.25) is 0 Å². The van der Waals surface area contributed by atoms with Gasteiger partial charge >= 0.3 is 27.5 Å². The Bertz CT molecular complexity index is 1440. The lowest BCUT2D eigenvalue weighted by Gasteiger charge is -2.46. The lowest BCUT2D eigenvalue weighted by atomic mass is 9.61. The molecule has 3 unspecified atom stereocenters. The van der Waals surface area contributed by atoms with Crippen molar-refractivity contribution in [3.05, 3.63) is 103 Å². The first kappa shape index (κ1) is 33.7. The third kappa shape index (κ3) is 7.25. The van der Waals surface area contributed by atoms with E-state index in [0.717, 1.165) is 6.08 Å². The van der Waals surface area contributed by atoms with Gasteiger partial charge in [-0.3, -0.25) is 9.35 Å². The van der Waals surface area contributed by atoms with E-state index in [-0.39, 0.29) is 10.9 Å². The first-order valence-electron chi connectivity index (χ1n) is 12.5. The summed E-state index contributed by atoms with van der Waals surface area (Å²) in [4.78, 5) is 26.5. The number of halogens is 5. The maximum absolute atomic E-state index is 13.9. The molecule has 3 aromatic rings. The zero-order valence-corrected chi connectivity index (χ0v) is 23.7. The van der Waals surface area contributed by atoms with Gasteiger partial charge in [-0.1, -0.05) is 66.7 Å². The quantitative estimate of drug-likeness (QED) is 0.149. The number of benzene rings is 3. The molecule has 0 aliphatic heterocycles. The van der Waals surface area contributed by atoms with E-state index in [9.17, 15) is 45.1 Å². The summed E-state index contributed by atoms with van der Waals surface area (Å²) >= 11 is 0. The minimum atomic E-state index is -6.71. The lowest BCUT2D eigenvalue weighted by molar-refractivity contribution is -0.320. The SMILES string of the molecule is O=C([O-])C1C=CCCC1(C(=O)O)C(C(F)(F)F)C(F)(F)S(=O)(=O)O.c1ccc([S+](c2ccccc2)c2ccccc2)cc1. The highest BCUT2D eigenvalue weighted by Crippen LogP contribution is 2.57. The largest absolute Gasteiger partial charge is 0.549 e. The fraction of sp³-hybridized carbons (Fsp3) is 0.241. The maximum Gasteiger partial charge on any atom is 0.399 e. The minimum Gasteiger partial charge on any atom is -0.549 e. The highest BCUT2D eigenvalue weighted by atomic mass is 32.2. The molecule has 0 fully saturated rings. The predicted octanol–water partition coefficient (Wildman–Crippen LogP) is 5.21. The Hall–Kier alpha value is -3.75. The van der Waals surface area contributed by atoms with Crippen molar-refractivity contribution in [1.29, 1.82) is 0 Å². The van der Waals surface area contributed by atoms with Gasteiger partial charge in [-0.15, -0.1) is 0 Å². The Morgan fingerprint density at radius 3 is 1.53 bits per heavy atom. The van der Waals surface area contributed by atoms with Crippen LogP contribution in [0.3, 0.4) is 0 Å². The van der Waals surface area contributed by atoms with Crippen LogP contribution in [0.1, 0.15) is 12.8 Å². The monoisotopic (exact) mass is 644 g/mol. The highest BCUT2D eigenvalue weighted by Gasteiger charge is 2.74. The molecule has 1 aliphatic carbocycles. The number of alkyl halides is 5. The van der Waals surface area contributed by atoms with Crippen molar-refractivity contribution in [3.63, 3.8) is 0 Å². The predicted molar refractivity (Wildman–Crippen MR) is 144 cm³/mol. The van der Waals surface area contributed by atoms with Gasteiger partial charge in [0.05, 0.1) is 16.3 Å². The molecule has 0 bridgehead atoms. The normalized spacial score (nSPS) is 19.7. The second-order valence-electron chi connectivity index (χ2n) is 9.37. The molecule has 0 aromatic heterocycles. The van der Waals surface area contributed by atoms with E-state index < -0.39 is 63.6 Å². The van der Waals surface area contributed by atoms with Crippen LogP contribution < -0.4 is 5.11 Å². The van der Waals surface area contributed by atoms with Crippen molar-refractivity contribution in [2.24, 2.45) is 17.3 Å². The van der Waals surface area contributed by atoms with Crippen LogP contribution in [0, 0.1) is 17.3 Å². The van der Waals surface area contributed by atoms with Crippen LogP contribution in [-0.2, 0) is 30.6 Å². The third-order valence-corrected chi connectivity index (χ3v) is 9.87. The standard InChI is InChI=1S/C18H15S.C11H11F5O7S/c1-4-10-16(11-5-1)19(17-12-6-2-7-13-17)18-14-8-3-9-15-18;12-10(13,14)7(11(15,16)24(21,22)23)9(8(19)20)4-2-1-3-5(9)6(17)18/h1-15H;1,3,5,7H,2,4H2,(H,17,18)(H,19,20)(H,21,22,23)/q+1;/p-1. The van der Waals surface area contributed by atoms with Crippen LogP contribution >= 0.6 is 0 Å². The number of aliphatic carboxylic acids is 2. The Kier molecular flexibility index (Phi) is 10.4. The number of allylic oxidation sites excluding steroid dienone is 1. The number of hydrogen-bond donors (Lipinski definition) is 2. The Morgan fingerprint density at radius 1 is 0.837 bits per heavy atom. The van der Waals surface area contributed by atoms with Crippen LogP contribution in [0.5, 0.6) is 0 Å². The summed E-state index contributed by atoms with van der Waals surface area (Å²) in [6.45, 7) is 0. The first-order chi connectivity index (χ1) is 20.0. The lowest BCUT2D eigenvalue weighted by Crippen LogP contribution is -2.62. The number of carboxylic acid groups (broad SMARTS) is 2. The molecule has 0 heterocycles. The molecule has 1 aliphatic rings. The molecule has 3 aromatic carbocycles. The van der Waals surface area contributed by atoms with E-state index in [2.05, 4.69) is 91.0 Å².